The molecule has 0 aromatic carbocycles. The number of carbonyl (C=O) groups excluding carboxylic acids is 1. The smallest absolute Gasteiger partial charge is 0.408 e. The minimum absolute atomic E-state index is 0.0215. The number of imidazole rings is 1. The molecule has 0 aliphatic carbocycles. The van der Waals surface area contributed by atoms with Crippen molar-refractivity contribution in [1.29, 1.82) is 0 Å². The van der Waals surface area contributed by atoms with Gasteiger partial charge in [-0.2, -0.15) is 0 Å². The van der Waals surface area contributed by atoms with Crippen LogP contribution in [-0.4, -0.2) is 56.6 Å². The molecule has 192 valence electrons. The van der Waals surface area contributed by atoms with E-state index < -0.39 is 28.3 Å². The van der Waals surface area contributed by atoms with E-state index in [0.717, 1.165) is 0 Å². The van der Waals surface area contributed by atoms with Gasteiger partial charge in [-0.1, -0.05) is 41.5 Å². The molecule has 0 radical (unpaired) electrons. The monoisotopic (exact) mass is 499 g/mol. The van der Waals surface area contributed by atoms with Crippen LogP contribution in [0.1, 0.15) is 62.3 Å². The van der Waals surface area contributed by atoms with Gasteiger partial charge < -0.3 is 23.5 Å². The van der Waals surface area contributed by atoms with Crippen LogP contribution in [0.5, 0.6) is 0 Å². The van der Waals surface area contributed by atoms with Gasteiger partial charge in [0.1, 0.15) is 5.60 Å². The molecular formula is C24H49N3O4Si2. The summed E-state index contributed by atoms with van der Waals surface area (Å²) in [6.45, 7) is 28.8. The molecule has 7 nitrogen and oxygen atoms in total. The second kappa shape index (κ2) is 10.6. The molecule has 33 heavy (non-hydrogen) atoms. The summed E-state index contributed by atoms with van der Waals surface area (Å²) in [6.07, 6.45) is 4.60. The third-order valence-electron chi connectivity index (χ3n) is 6.78. The molecule has 0 saturated carbocycles. The molecule has 1 aromatic rings. The summed E-state index contributed by atoms with van der Waals surface area (Å²) in [6, 6.07) is -0.340. The number of amides is 1. The summed E-state index contributed by atoms with van der Waals surface area (Å²) < 4.78 is 21.0. The third kappa shape index (κ3) is 9.54. The van der Waals surface area contributed by atoms with Crippen LogP contribution in [0.25, 0.3) is 0 Å². The topological polar surface area (TPSA) is 74.6 Å². The lowest BCUT2D eigenvalue weighted by molar-refractivity contribution is 0.0338. The number of ether oxygens (including phenoxy) is 1. The maximum absolute atomic E-state index is 12.8. The fourth-order valence-electron chi connectivity index (χ4n) is 2.63. The molecule has 1 aromatic heterocycles. The van der Waals surface area contributed by atoms with Crippen LogP contribution >= 0.6 is 0 Å². The van der Waals surface area contributed by atoms with Crippen molar-refractivity contribution in [3.8, 4) is 0 Å². The van der Waals surface area contributed by atoms with E-state index in [1.807, 2.05) is 31.5 Å². The van der Waals surface area contributed by atoms with E-state index in [1.165, 1.54) is 0 Å². The average Bonchev–Trinajstić information content (AvgIpc) is 3.07. The fourth-order valence-corrected chi connectivity index (χ4v) is 4.99. The zero-order valence-electron chi connectivity index (χ0n) is 23.3. The first-order valence-corrected chi connectivity index (χ1v) is 17.7. The van der Waals surface area contributed by atoms with Crippen molar-refractivity contribution < 1.29 is 18.4 Å². The molecule has 1 heterocycles. The molecule has 0 unspecified atom stereocenters. The predicted molar refractivity (Wildman–Crippen MR) is 141 cm³/mol. The zero-order valence-corrected chi connectivity index (χ0v) is 25.3. The molecule has 1 amide bonds. The number of carbonyl (C=O) groups is 1. The van der Waals surface area contributed by atoms with Gasteiger partial charge in [0.2, 0.25) is 0 Å². The van der Waals surface area contributed by atoms with Gasteiger partial charge in [0.25, 0.3) is 0 Å². The van der Waals surface area contributed by atoms with Gasteiger partial charge in [0.15, 0.2) is 16.6 Å². The Hall–Kier alpha value is -1.17. The quantitative estimate of drug-likeness (QED) is 0.410. The van der Waals surface area contributed by atoms with Crippen LogP contribution in [-0.2, 0) is 20.1 Å². The highest BCUT2D eigenvalue weighted by molar-refractivity contribution is 6.74. The minimum Gasteiger partial charge on any atom is -0.444 e. The van der Waals surface area contributed by atoms with E-state index in [2.05, 4.69) is 78.0 Å². The van der Waals surface area contributed by atoms with Crippen molar-refractivity contribution in [2.24, 2.45) is 0 Å². The van der Waals surface area contributed by atoms with Crippen molar-refractivity contribution in [2.75, 3.05) is 6.61 Å². The van der Waals surface area contributed by atoms with Crippen LogP contribution < -0.4 is 5.32 Å². The molecule has 0 spiro atoms. The van der Waals surface area contributed by atoms with Gasteiger partial charge >= 0.3 is 6.09 Å². The highest BCUT2D eigenvalue weighted by Gasteiger charge is 2.43. The normalized spacial score (nSPS) is 15.8. The van der Waals surface area contributed by atoms with Crippen LogP contribution in [0.4, 0.5) is 4.79 Å². The average molecular weight is 500 g/mol. The number of hydrogen-bond acceptors (Lipinski definition) is 5. The van der Waals surface area contributed by atoms with Crippen LogP contribution in [0, 0.1) is 0 Å². The summed E-state index contributed by atoms with van der Waals surface area (Å²) in [5.41, 5.74) is -0.586. The van der Waals surface area contributed by atoms with Gasteiger partial charge in [-0.25, -0.2) is 9.78 Å². The Bertz CT molecular complexity index is 745. The number of hydrogen-bond donors (Lipinski definition) is 1. The Morgan fingerprint density at radius 1 is 0.970 bits per heavy atom. The standard InChI is InChI=1S/C24H49N3O4Si2/c1-22(2,3)30-21(28)26-19(16-27-15-14-25-18-27)20(31-33(12,13)24(7,8)9)17-29-32(10,11)23(4,5)6/h14-15,18-20H,16-17H2,1-13H3,(H,26,28)/t19-,20-/m0/s1. The first kappa shape index (κ1) is 29.9. The highest BCUT2D eigenvalue weighted by Crippen LogP contribution is 2.39. The SMILES string of the molecule is CC(C)(C)OC(=O)N[C@@H](Cn1ccnc1)[C@H](CO[Si](C)(C)C(C)(C)C)O[Si](C)(C)C(C)(C)C. The maximum Gasteiger partial charge on any atom is 0.408 e. The lowest BCUT2D eigenvalue weighted by Gasteiger charge is -2.43. The molecule has 1 N–H and O–H groups in total. The van der Waals surface area contributed by atoms with E-state index >= 15 is 0 Å². The Kier molecular flexibility index (Phi) is 9.61. The lowest BCUT2D eigenvalue weighted by atomic mass is 10.1. The van der Waals surface area contributed by atoms with Gasteiger partial charge in [0, 0.05) is 18.9 Å². The fraction of sp³-hybridized carbons (Fsp3) is 0.833. The molecule has 0 fully saturated rings. The van der Waals surface area contributed by atoms with Crippen molar-refractivity contribution in [1.82, 2.24) is 14.9 Å². The molecule has 0 saturated heterocycles. The summed E-state index contributed by atoms with van der Waals surface area (Å²) in [5.74, 6) is 0. The van der Waals surface area contributed by atoms with Crippen molar-refractivity contribution in [3.05, 3.63) is 18.7 Å². The van der Waals surface area contributed by atoms with Gasteiger partial charge in [-0.3, -0.25) is 0 Å². The first-order chi connectivity index (χ1) is 14.6. The number of aromatic nitrogens is 2. The first-order valence-electron chi connectivity index (χ1n) is 11.9. The molecule has 0 bridgehead atoms. The van der Waals surface area contributed by atoms with E-state index in [1.54, 1.807) is 12.5 Å². The van der Waals surface area contributed by atoms with Gasteiger partial charge in [-0.05, 0) is 57.0 Å². The third-order valence-corrected chi connectivity index (χ3v) is 15.8. The molecule has 9 heteroatoms. The largest absolute Gasteiger partial charge is 0.444 e. The zero-order chi connectivity index (χ0) is 25.9. The van der Waals surface area contributed by atoms with Crippen molar-refractivity contribution in [3.63, 3.8) is 0 Å². The number of nitrogens with zero attached hydrogens (tertiary/aromatic N) is 2. The summed E-state index contributed by atoms with van der Waals surface area (Å²) in [5, 5.41) is 3.18. The minimum atomic E-state index is -2.15. The number of alkyl carbamates (subject to hydrolysis) is 1. The predicted octanol–water partition coefficient (Wildman–Crippen LogP) is 6.19. The molecule has 1 rings (SSSR count). The summed E-state index contributed by atoms with van der Waals surface area (Å²) in [4.78, 5) is 17.0. The van der Waals surface area contributed by atoms with Crippen LogP contribution in [0.2, 0.25) is 36.3 Å². The molecule has 2 atom stereocenters. The summed E-state index contributed by atoms with van der Waals surface area (Å²) in [7, 11) is -4.17. The van der Waals surface area contributed by atoms with E-state index in [0.29, 0.717) is 13.2 Å². The Morgan fingerprint density at radius 3 is 1.94 bits per heavy atom. The molecule has 0 aliphatic heterocycles. The van der Waals surface area contributed by atoms with Crippen LogP contribution in [0.3, 0.4) is 0 Å². The van der Waals surface area contributed by atoms with Crippen molar-refractivity contribution >= 4 is 22.7 Å². The van der Waals surface area contributed by atoms with Gasteiger partial charge in [-0.15, -0.1) is 0 Å². The highest BCUT2D eigenvalue weighted by atomic mass is 28.4. The van der Waals surface area contributed by atoms with E-state index in [4.69, 9.17) is 13.6 Å². The molecular weight excluding hydrogens is 450 g/mol. The van der Waals surface area contributed by atoms with Crippen molar-refractivity contribution in [2.45, 2.75) is 123 Å². The number of rotatable bonds is 9. The van der Waals surface area contributed by atoms with E-state index in [9.17, 15) is 4.79 Å². The van der Waals surface area contributed by atoms with Gasteiger partial charge in [0.05, 0.1) is 25.1 Å². The second-order valence-corrected chi connectivity index (χ2v) is 22.6. The number of nitrogens with one attached hydrogen (secondary N) is 1. The second-order valence-electron chi connectivity index (χ2n) is 13.0. The molecule has 0 aliphatic rings. The Morgan fingerprint density at radius 2 is 1.52 bits per heavy atom. The van der Waals surface area contributed by atoms with E-state index in [-0.39, 0.29) is 22.2 Å². The van der Waals surface area contributed by atoms with Crippen LogP contribution in [0.15, 0.2) is 18.7 Å². The Labute approximate surface area is 204 Å². The Balaban J connectivity index is 3.29. The lowest BCUT2D eigenvalue weighted by Crippen LogP contribution is -2.56. The maximum atomic E-state index is 12.8. The summed E-state index contributed by atoms with van der Waals surface area (Å²) >= 11 is 0.